The van der Waals surface area contributed by atoms with E-state index >= 15 is 0 Å². The third-order valence-electron chi connectivity index (χ3n) is 4.92. The van der Waals surface area contributed by atoms with Crippen LogP contribution >= 0.6 is 11.3 Å². The number of hydrogen-bond donors (Lipinski definition) is 2. The highest BCUT2D eigenvalue weighted by Gasteiger charge is 2.22. The van der Waals surface area contributed by atoms with E-state index < -0.39 is 0 Å². The maximum Gasteiger partial charge on any atom is 0.264 e. The van der Waals surface area contributed by atoms with Gasteiger partial charge in [-0.05, 0) is 43.0 Å². The van der Waals surface area contributed by atoms with Gasteiger partial charge in [-0.15, -0.1) is 16.3 Å². The van der Waals surface area contributed by atoms with Crippen LogP contribution in [0.2, 0.25) is 0 Å². The highest BCUT2D eigenvalue weighted by molar-refractivity contribution is 7.12. The minimum absolute atomic E-state index is 0.158. The number of piperazine rings is 1. The second-order valence-electron chi connectivity index (χ2n) is 7.03. The number of hydrogen-bond acceptors (Lipinski definition) is 6. The average Bonchev–Trinajstić information content (AvgIpc) is 3.32. The van der Waals surface area contributed by atoms with Crippen molar-refractivity contribution in [2.45, 2.75) is 19.3 Å². The van der Waals surface area contributed by atoms with Gasteiger partial charge in [-0.3, -0.25) is 14.7 Å². The van der Waals surface area contributed by atoms with Crippen LogP contribution in [0.1, 0.15) is 28.9 Å². The number of nitrogens with one attached hydrogen (secondary N) is 2. The first-order chi connectivity index (χ1) is 14.8. The zero-order chi connectivity index (χ0) is 21.0. The fourth-order valence-corrected chi connectivity index (χ4v) is 4.00. The molecule has 1 amide bonds. The fourth-order valence-electron chi connectivity index (χ4n) is 3.31. The lowest BCUT2D eigenvalue weighted by atomic mass is 10.2. The molecule has 8 nitrogen and oxygen atoms in total. The molecule has 0 unspecified atom stereocenters. The van der Waals surface area contributed by atoms with Crippen molar-refractivity contribution in [3.63, 3.8) is 0 Å². The molecule has 30 heavy (non-hydrogen) atoms. The Hall–Kier alpha value is -2.96. The Balaban J connectivity index is 1.27. The van der Waals surface area contributed by atoms with Gasteiger partial charge >= 0.3 is 0 Å². The molecule has 1 fully saturated rings. The molecule has 0 spiro atoms. The van der Waals surface area contributed by atoms with E-state index in [0.717, 1.165) is 69.1 Å². The number of thiophene rings is 1. The van der Waals surface area contributed by atoms with Crippen LogP contribution in [0.4, 0.5) is 5.69 Å². The van der Waals surface area contributed by atoms with E-state index in [1.54, 1.807) is 12.4 Å². The Bertz CT molecular complexity index is 840. The Morgan fingerprint density at radius 1 is 1.20 bits per heavy atom. The standard InChI is InChI=1S/C21H27N7OS/c22-17-25-21(26-18-6-4-8-23-16-18)24-9-2-1-3-10-27-11-13-28(14-12-27)20(29)19-7-5-15-30-19/h4-8,15-16H,1-3,9-14H2,(H2,24,25,26). The minimum Gasteiger partial charge on any atom is -0.355 e. The highest BCUT2D eigenvalue weighted by Crippen LogP contribution is 2.14. The fraction of sp³-hybridized carbons (Fsp3) is 0.429. The molecule has 158 valence electrons. The van der Waals surface area contributed by atoms with Crippen LogP contribution in [0.5, 0.6) is 0 Å². The summed E-state index contributed by atoms with van der Waals surface area (Å²) in [5.74, 6) is 0.600. The van der Waals surface area contributed by atoms with E-state index in [0.29, 0.717) is 5.96 Å². The summed E-state index contributed by atoms with van der Waals surface area (Å²) in [7, 11) is 0. The molecular weight excluding hydrogens is 398 g/mol. The number of rotatable bonds is 8. The Morgan fingerprint density at radius 3 is 2.77 bits per heavy atom. The number of carbonyl (C=O) groups is 1. The summed E-state index contributed by atoms with van der Waals surface area (Å²) >= 11 is 1.51. The molecule has 0 aromatic carbocycles. The molecule has 0 bridgehead atoms. The van der Waals surface area contributed by atoms with E-state index in [2.05, 4.69) is 25.5 Å². The zero-order valence-electron chi connectivity index (χ0n) is 17.0. The lowest BCUT2D eigenvalue weighted by Crippen LogP contribution is -2.48. The van der Waals surface area contributed by atoms with Gasteiger partial charge in [0.05, 0.1) is 16.8 Å². The van der Waals surface area contributed by atoms with Gasteiger partial charge < -0.3 is 15.5 Å². The van der Waals surface area contributed by atoms with Crippen molar-refractivity contribution < 1.29 is 4.79 Å². The van der Waals surface area contributed by atoms with E-state index in [-0.39, 0.29) is 5.91 Å². The summed E-state index contributed by atoms with van der Waals surface area (Å²) in [5, 5.41) is 17.0. The second kappa shape index (κ2) is 11.9. The SMILES string of the molecule is N#CN=C(NCCCCCN1CCN(C(=O)c2cccs2)CC1)Nc1cccnc1. The first kappa shape index (κ1) is 21.7. The van der Waals surface area contributed by atoms with E-state index in [9.17, 15) is 4.79 Å². The van der Waals surface area contributed by atoms with Gasteiger partial charge in [0.25, 0.3) is 5.91 Å². The van der Waals surface area contributed by atoms with Gasteiger partial charge in [0.2, 0.25) is 12.2 Å². The Kier molecular flexibility index (Phi) is 8.62. The van der Waals surface area contributed by atoms with Gasteiger partial charge in [-0.25, -0.2) is 0 Å². The highest BCUT2D eigenvalue weighted by atomic mass is 32.1. The van der Waals surface area contributed by atoms with Crippen LogP contribution in [0, 0.1) is 11.5 Å². The molecule has 2 aromatic rings. The summed E-state index contributed by atoms with van der Waals surface area (Å²) in [4.78, 5) is 25.4. The monoisotopic (exact) mass is 425 g/mol. The second-order valence-corrected chi connectivity index (χ2v) is 7.97. The zero-order valence-corrected chi connectivity index (χ0v) is 17.8. The molecule has 0 atom stereocenters. The van der Waals surface area contributed by atoms with Crippen LogP contribution in [0.15, 0.2) is 47.0 Å². The van der Waals surface area contributed by atoms with Crippen molar-refractivity contribution in [3.8, 4) is 6.19 Å². The van der Waals surface area contributed by atoms with Crippen molar-refractivity contribution in [1.82, 2.24) is 20.1 Å². The van der Waals surface area contributed by atoms with Crippen LogP contribution in [-0.4, -0.2) is 65.9 Å². The number of guanidine groups is 1. The summed E-state index contributed by atoms with van der Waals surface area (Å²) in [6.45, 7) is 5.26. The number of unbranched alkanes of at least 4 members (excludes halogenated alkanes) is 2. The maximum atomic E-state index is 12.4. The quantitative estimate of drug-likeness (QED) is 0.292. The summed E-state index contributed by atoms with van der Waals surface area (Å²) in [5.41, 5.74) is 0.788. The summed E-state index contributed by atoms with van der Waals surface area (Å²) in [6, 6.07) is 7.51. The number of anilines is 1. The molecular formula is C21H27N7OS. The van der Waals surface area contributed by atoms with E-state index in [1.165, 1.54) is 11.3 Å². The number of pyridine rings is 1. The van der Waals surface area contributed by atoms with Crippen molar-refractivity contribution >= 4 is 28.9 Å². The minimum atomic E-state index is 0.158. The van der Waals surface area contributed by atoms with Gasteiger partial charge in [0, 0.05) is 38.9 Å². The molecule has 1 saturated heterocycles. The molecule has 0 radical (unpaired) electrons. The topological polar surface area (TPSA) is 96.7 Å². The Labute approximate surface area is 181 Å². The van der Waals surface area contributed by atoms with E-state index in [4.69, 9.17) is 5.26 Å². The number of amides is 1. The molecule has 1 aliphatic heterocycles. The number of nitrogens with zero attached hydrogens (tertiary/aromatic N) is 5. The van der Waals surface area contributed by atoms with Gasteiger partial charge in [0.1, 0.15) is 0 Å². The van der Waals surface area contributed by atoms with Crippen LogP contribution in [0.25, 0.3) is 0 Å². The predicted octanol–water partition coefficient (Wildman–Crippen LogP) is 2.61. The maximum absolute atomic E-state index is 12.4. The first-order valence-electron chi connectivity index (χ1n) is 10.2. The average molecular weight is 426 g/mol. The van der Waals surface area contributed by atoms with Crippen molar-refractivity contribution in [1.29, 1.82) is 5.26 Å². The number of aromatic nitrogens is 1. The molecule has 9 heteroatoms. The molecule has 3 rings (SSSR count). The molecule has 2 N–H and O–H groups in total. The van der Waals surface area contributed by atoms with Crippen LogP contribution in [0.3, 0.4) is 0 Å². The molecule has 0 saturated carbocycles. The number of nitriles is 1. The molecule has 2 aromatic heterocycles. The van der Waals surface area contributed by atoms with Crippen molar-refractivity contribution in [3.05, 3.63) is 46.9 Å². The summed E-state index contributed by atoms with van der Waals surface area (Å²) in [6.07, 6.45) is 8.39. The van der Waals surface area contributed by atoms with Gasteiger partial charge in [-0.1, -0.05) is 12.5 Å². The Morgan fingerprint density at radius 2 is 2.07 bits per heavy atom. The predicted molar refractivity (Wildman–Crippen MR) is 119 cm³/mol. The molecule has 3 heterocycles. The van der Waals surface area contributed by atoms with Crippen LogP contribution in [-0.2, 0) is 0 Å². The third kappa shape index (κ3) is 6.83. The van der Waals surface area contributed by atoms with E-state index in [1.807, 2.05) is 40.7 Å². The normalized spacial score (nSPS) is 14.9. The van der Waals surface area contributed by atoms with Crippen LogP contribution < -0.4 is 10.6 Å². The third-order valence-corrected chi connectivity index (χ3v) is 5.78. The van der Waals surface area contributed by atoms with Gasteiger partial charge in [-0.2, -0.15) is 5.26 Å². The number of carbonyl (C=O) groups excluding carboxylic acids is 1. The first-order valence-corrected chi connectivity index (χ1v) is 11.1. The van der Waals surface area contributed by atoms with Crippen molar-refractivity contribution in [2.75, 3.05) is 44.6 Å². The summed E-state index contributed by atoms with van der Waals surface area (Å²) < 4.78 is 0. The largest absolute Gasteiger partial charge is 0.355 e. The van der Waals surface area contributed by atoms with Gasteiger partial charge in [0.15, 0.2) is 0 Å². The lowest BCUT2D eigenvalue weighted by Gasteiger charge is -2.34. The lowest BCUT2D eigenvalue weighted by molar-refractivity contribution is 0.0640. The molecule has 1 aliphatic rings. The van der Waals surface area contributed by atoms with Crippen molar-refractivity contribution in [2.24, 2.45) is 4.99 Å². The number of aliphatic imine (C=N–C) groups is 1. The molecule has 0 aliphatic carbocycles. The smallest absolute Gasteiger partial charge is 0.264 e.